The molecule has 0 spiro atoms. The number of likely N-dealkylation sites (N-methyl/N-ethyl adjacent to an activating group) is 2. The summed E-state index contributed by atoms with van der Waals surface area (Å²) in [7, 11) is 3.99. The van der Waals surface area contributed by atoms with E-state index in [-0.39, 0.29) is 28.3 Å². The van der Waals surface area contributed by atoms with Crippen LogP contribution in [0.2, 0.25) is 0 Å². The van der Waals surface area contributed by atoms with Crippen molar-refractivity contribution in [2.24, 2.45) is 0 Å². The third-order valence-corrected chi connectivity index (χ3v) is 9.38. The number of benzene rings is 1. The summed E-state index contributed by atoms with van der Waals surface area (Å²) in [6.45, 7) is 6.28. The predicted molar refractivity (Wildman–Crippen MR) is 175 cm³/mol. The van der Waals surface area contributed by atoms with Crippen LogP contribution < -0.4 is 16.1 Å². The third kappa shape index (κ3) is 6.73. The summed E-state index contributed by atoms with van der Waals surface area (Å²) in [6.07, 6.45) is -0.805. The molecule has 2 aliphatic rings. The Morgan fingerprint density at radius 2 is 1.79 bits per heavy atom. The Morgan fingerprint density at radius 1 is 1.04 bits per heavy atom. The molecule has 0 saturated carbocycles. The van der Waals surface area contributed by atoms with Crippen LogP contribution in [0.15, 0.2) is 46.8 Å². The molecule has 2 fully saturated rings. The first kappa shape index (κ1) is 32.6. The number of thiazole rings is 1. The van der Waals surface area contributed by atoms with Gasteiger partial charge in [0.25, 0.3) is 5.91 Å². The summed E-state index contributed by atoms with van der Waals surface area (Å²) >= 11 is 0.815. The number of fused-ring (bicyclic) bond motifs is 1. The van der Waals surface area contributed by atoms with E-state index < -0.39 is 23.3 Å². The minimum absolute atomic E-state index is 0.0607. The molecule has 248 valence electrons. The normalized spacial score (nSPS) is 16.3. The van der Waals surface area contributed by atoms with Gasteiger partial charge in [0.2, 0.25) is 5.43 Å². The van der Waals surface area contributed by atoms with Crippen molar-refractivity contribution < 1.29 is 22.8 Å². The molecule has 2 saturated heterocycles. The highest BCUT2D eigenvalue weighted by Gasteiger charge is 2.34. The number of piperazine rings is 1. The molecule has 0 aliphatic carbocycles. The molecule has 2 N–H and O–H groups in total. The number of amides is 3. The molecule has 3 aromatic heterocycles. The van der Waals surface area contributed by atoms with Gasteiger partial charge < -0.3 is 24.6 Å². The second-order valence-electron chi connectivity index (χ2n) is 12.0. The van der Waals surface area contributed by atoms with Gasteiger partial charge in [-0.15, -0.1) is 11.3 Å². The van der Waals surface area contributed by atoms with Crippen LogP contribution in [0.25, 0.3) is 32.6 Å². The van der Waals surface area contributed by atoms with Gasteiger partial charge in [0, 0.05) is 80.1 Å². The van der Waals surface area contributed by atoms with Crippen molar-refractivity contribution in [1.29, 1.82) is 0 Å². The fourth-order valence-electron chi connectivity index (χ4n) is 5.86. The molecule has 15 heteroatoms. The Bertz CT molecular complexity index is 1880. The van der Waals surface area contributed by atoms with Crippen molar-refractivity contribution in [1.82, 2.24) is 34.6 Å². The molecule has 5 heterocycles. The fraction of sp³-hybridized carbons (Fsp3) is 0.406. The first-order valence-corrected chi connectivity index (χ1v) is 16.2. The van der Waals surface area contributed by atoms with Gasteiger partial charge in [0.05, 0.1) is 11.6 Å². The molecular formula is C32H35F3N8O3S. The van der Waals surface area contributed by atoms with Crippen LogP contribution in [0.5, 0.6) is 0 Å². The van der Waals surface area contributed by atoms with Crippen LogP contribution in [0.1, 0.15) is 35.4 Å². The third-order valence-electron chi connectivity index (χ3n) is 8.51. The summed E-state index contributed by atoms with van der Waals surface area (Å²) in [4.78, 5) is 54.3. The lowest BCUT2D eigenvalue weighted by atomic mass is 9.98. The molecule has 2 aliphatic heterocycles. The van der Waals surface area contributed by atoms with Crippen molar-refractivity contribution in [3.05, 3.63) is 63.5 Å². The van der Waals surface area contributed by atoms with E-state index in [9.17, 15) is 27.6 Å². The highest BCUT2D eigenvalue weighted by atomic mass is 32.1. The number of pyridine rings is 2. The number of nitrogens with zero attached hydrogens (tertiary/aromatic N) is 6. The summed E-state index contributed by atoms with van der Waals surface area (Å²) < 4.78 is 42.6. The van der Waals surface area contributed by atoms with Crippen LogP contribution in [0.4, 0.5) is 23.8 Å². The minimum Gasteiger partial charge on any atom is -0.341 e. The zero-order valence-electron chi connectivity index (χ0n) is 26.2. The number of nitrogens with one attached hydrogen (secondary N) is 2. The van der Waals surface area contributed by atoms with Crippen LogP contribution in [-0.2, 0) is 6.18 Å². The highest BCUT2D eigenvalue weighted by Crippen LogP contribution is 2.39. The number of hydrogen-bond donors (Lipinski definition) is 2. The quantitative estimate of drug-likeness (QED) is 0.296. The second kappa shape index (κ2) is 13.0. The number of anilines is 1. The standard InChI is InChI=1S/C32H35F3N8O3S/c1-4-7-36-31(46)39-27-13-21(29-38-26(18-47-29)32(33,34)35)23(14-37-27)19-5-6-25-22(12-19)28(44)24(17-43(25)20-15-41(3)16-20)30(45)42-10-8-40(2)9-11-42/h5-6,12-14,17-18,20H,4,7-11,15-16H2,1-3H3,(H2,36,37,39,46). The number of carbonyl (C=O) groups is 2. The number of aromatic nitrogens is 3. The van der Waals surface area contributed by atoms with Gasteiger partial charge in [0.15, 0.2) is 5.69 Å². The lowest BCUT2D eigenvalue weighted by Crippen LogP contribution is -2.48. The number of alkyl halides is 3. The molecular weight excluding hydrogens is 633 g/mol. The molecule has 6 rings (SSSR count). The van der Waals surface area contributed by atoms with Crippen molar-refractivity contribution in [2.75, 3.05) is 65.2 Å². The minimum atomic E-state index is -4.64. The average Bonchev–Trinajstić information content (AvgIpc) is 3.54. The van der Waals surface area contributed by atoms with Gasteiger partial charge in [-0.05, 0) is 44.3 Å². The van der Waals surface area contributed by atoms with Gasteiger partial charge in [-0.1, -0.05) is 13.0 Å². The molecule has 11 nitrogen and oxygen atoms in total. The first-order chi connectivity index (χ1) is 22.4. The van der Waals surface area contributed by atoms with Crippen molar-refractivity contribution in [2.45, 2.75) is 25.6 Å². The highest BCUT2D eigenvalue weighted by molar-refractivity contribution is 7.13. The maximum atomic E-state index is 14.0. The van der Waals surface area contributed by atoms with E-state index in [1.54, 1.807) is 29.3 Å². The Hall–Kier alpha value is -4.34. The molecule has 0 radical (unpaired) electrons. The van der Waals surface area contributed by atoms with E-state index >= 15 is 0 Å². The zero-order valence-corrected chi connectivity index (χ0v) is 27.0. The van der Waals surface area contributed by atoms with E-state index in [0.29, 0.717) is 66.7 Å². The Balaban J connectivity index is 1.47. The van der Waals surface area contributed by atoms with E-state index in [4.69, 9.17) is 0 Å². The molecule has 0 atom stereocenters. The topological polar surface area (TPSA) is 116 Å². The Labute approximate surface area is 273 Å². The maximum Gasteiger partial charge on any atom is 0.434 e. The summed E-state index contributed by atoms with van der Waals surface area (Å²) in [5.74, 6) is -0.197. The number of likely N-dealkylation sites (tertiary alicyclic amines) is 1. The number of halogens is 3. The lowest BCUT2D eigenvalue weighted by Gasteiger charge is -2.39. The molecule has 3 amide bonds. The molecule has 0 unspecified atom stereocenters. The second-order valence-corrected chi connectivity index (χ2v) is 12.9. The van der Waals surface area contributed by atoms with E-state index in [2.05, 4.69) is 30.4 Å². The first-order valence-electron chi connectivity index (χ1n) is 15.4. The zero-order chi connectivity index (χ0) is 33.5. The summed E-state index contributed by atoms with van der Waals surface area (Å²) in [5, 5.41) is 6.63. The molecule has 0 bridgehead atoms. The molecule has 47 heavy (non-hydrogen) atoms. The van der Waals surface area contributed by atoms with Gasteiger partial charge in [-0.3, -0.25) is 14.9 Å². The smallest absolute Gasteiger partial charge is 0.341 e. The maximum absolute atomic E-state index is 14.0. The molecule has 4 aromatic rings. The Morgan fingerprint density at radius 3 is 2.45 bits per heavy atom. The lowest BCUT2D eigenvalue weighted by molar-refractivity contribution is -0.140. The van der Waals surface area contributed by atoms with Gasteiger partial charge >= 0.3 is 12.2 Å². The Kier molecular flexibility index (Phi) is 9.05. The monoisotopic (exact) mass is 668 g/mol. The van der Waals surface area contributed by atoms with Crippen LogP contribution in [0.3, 0.4) is 0 Å². The predicted octanol–water partition coefficient (Wildman–Crippen LogP) is 4.61. The largest absolute Gasteiger partial charge is 0.434 e. The van der Waals surface area contributed by atoms with Crippen molar-refractivity contribution in [3.8, 4) is 21.7 Å². The van der Waals surface area contributed by atoms with Gasteiger partial charge in [-0.2, -0.15) is 13.2 Å². The van der Waals surface area contributed by atoms with Crippen molar-refractivity contribution in [3.63, 3.8) is 0 Å². The average molecular weight is 669 g/mol. The number of rotatable bonds is 7. The molecule has 1 aromatic carbocycles. The number of carbonyl (C=O) groups excluding carboxylic acids is 2. The number of urea groups is 1. The van der Waals surface area contributed by atoms with Crippen LogP contribution in [0, 0.1) is 0 Å². The fourth-order valence-corrected chi connectivity index (χ4v) is 6.71. The van der Waals surface area contributed by atoms with E-state index in [0.717, 1.165) is 29.8 Å². The van der Waals surface area contributed by atoms with E-state index in [1.165, 1.54) is 12.3 Å². The van der Waals surface area contributed by atoms with Crippen LogP contribution in [-0.4, -0.2) is 101 Å². The van der Waals surface area contributed by atoms with Crippen LogP contribution >= 0.6 is 11.3 Å². The summed E-state index contributed by atoms with van der Waals surface area (Å²) in [6, 6.07) is 6.27. The number of hydrogen-bond acceptors (Lipinski definition) is 8. The van der Waals surface area contributed by atoms with Gasteiger partial charge in [-0.25, -0.2) is 14.8 Å². The SMILES string of the molecule is CCCNC(=O)Nc1cc(-c2nc(C(F)(F)F)cs2)c(-c2ccc3c(c2)c(=O)c(C(=O)N2CCN(C)CC2)cn3C2CN(C)C2)cn1. The van der Waals surface area contributed by atoms with E-state index in [1.807, 2.05) is 25.6 Å². The summed E-state index contributed by atoms with van der Waals surface area (Å²) in [5.41, 5.74) is 0.513. The van der Waals surface area contributed by atoms with Crippen molar-refractivity contribution >= 4 is 40.0 Å². The van der Waals surface area contributed by atoms with Gasteiger partial charge in [0.1, 0.15) is 16.4 Å².